The maximum absolute atomic E-state index is 13.6. The minimum Gasteiger partial charge on any atom is -0.322 e. The fraction of sp³-hybridized carbons (Fsp3) is 0.0714. The molecule has 1 amide bonds. The zero-order chi connectivity index (χ0) is 14.9. The van der Waals surface area contributed by atoms with Crippen molar-refractivity contribution in [1.29, 1.82) is 0 Å². The third kappa shape index (κ3) is 3.16. The summed E-state index contributed by atoms with van der Waals surface area (Å²) in [5.74, 6) is -1.77. The lowest BCUT2D eigenvalue weighted by atomic mass is 10.1. The minimum absolute atomic E-state index is 0.130. The van der Waals surface area contributed by atoms with Crippen LogP contribution in [0.15, 0.2) is 34.8 Å². The Balaban J connectivity index is 2.30. The molecule has 0 bridgehead atoms. The molecule has 6 heteroatoms. The number of halogens is 4. The normalized spacial score (nSPS) is 10.4. The monoisotopic (exact) mass is 359 g/mol. The van der Waals surface area contributed by atoms with Crippen molar-refractivity contribution in [2.75, 3.05) is 5.32 Å². The SMILES string of the molecule is Cc1cc(F)c(Br)cc1NC(=O)c1ccc(Cl)cc1F. The predicted molar refractivity (Wildman–Crippen MR) is 78.2 cm³/mol. The van der Waals surface area contributed by atoms with E-state index in [0.717, 1.165) is 6.07 Å². The zero-order valence-electron chi connectivity index (χ0n) is 10.3. The van der Waals surface area contributed by atoms with E-state index < -0.39 is 17.5 Å². The van der Waals surface area contributed by atoms with Crippen molar-refractivity contribution in [1.82, 2.24) is 0 Å². The van der Waals surface area contributed by atoms with Crippen LogP contribution in [0.2, 0.25) is 5.02 Å². The number of carbonyl (C=O) groups excluding carboxylic acids is 1. The summed E-state index contributed by atoms with van der Waals surface area (Å²) in [5, 5.41) is 2.74. The molecule has 1 N–H and O–H groups in total. The smallest absolute Gasteiger partial charge is 0.258 e. The molecule has 0 atom stereocenters. The van der Waals surface area contributed by atoms with Gasteiger partial charge in [0.2, 0.25) is 0 Å². The summed E-state index contributed by atoms with van der Waals surface area (Å²) in [6.45, 7) is 1.64. The first-order valence-corrected chi connectivity index (χ1v) is 6.77. The summed E-state index contributed by atoms with van der Waals surface area (Å²) in [7, 11) is 0. The lowest BCUT2D eigenvalue weighted by Gasteiger charge is -2.10. The summed E-state index contributed by atoms with van der Waals surface area (Å²) < 4.78 is 27.1. The van der Waals surface area contributed by atoms with Crippen molar-refractivity contribution < 1.29 is 13.6 Å². The number of amides is 1. The van der Waals surface area contributed by atoms with Gasteiger partial charge in [0.05, 0.1) is 10.0 Å². The molecule has 20 heavy (non-hydrogen) atoms. The van der Waals surface area contributed by atoms with E-state index in [-0.39, 0.29) is 15.1 Å². The first kappa shape index (κ1) is 14.9. The molecular weight excluding hydrogens is 352 g/mol. The summed E-state index contributed by atoms with van der Waals surface area (Å²) in [6, 6.07) is 6.48. The van der Waals surface area contributed by atoms with Crippen LogP contribution in [0.5, 0.6) is 0 Å². The number of anilines is 1. The molecule has 0 fully saturated rings. The molecule has 2 nitrogen and oxygen atoms in total. The highest BCUT2D eigenvalue weighted by Crippen LogP contribution is 2.25. The van der Waals surface area contributed by atoms with E-state index in [9.17, 15) is 13.6 Å². The summed E-state index contributed by atoms with van der Waals surface area (Å²) >= 11 is 8.66. The summed E-state index contributed by atoms with van der Waals surface area (Å²) in [6.07, 6.45) is 0. The maximum atomic E-state index is 13.6. The van der Waals surface area contributed by atoms with Gasteiger partial charge in [-0.3, -0.25) is 4.79 Å². The largest absolute Gasteiger partial charge is 0.322 e. The van der Waals surface area contributed by atoms with Gasteiger partial charge in [0.1, 0.15) is 11.6 Å². The average Bonchev–Trinajstić information content (AvgIpc) is 2.35. The molecule has 104 valence electrons. The van der Waals surface area contributed by atoms with Crippen LogP contribution in [0.3, 0.4) is 0 Å². The maximum Gasteiger partial charge on any atom is 0.258 e. The first-order chi connectivity index (χ1) is 9.38. The van der Waals surface area contributed by atoms with E-state index in [4.69, 9.17) is 11.6 Å². The minimum atomic E-state index is -0.714. The Labute approximate surface area is 127 Å². The number of rotatable bonds is 2. The molecular formula is C14H9BrClF2NO. The second-order valence-electron chi connectivity index (χ2n) is 4.16. The molecule has 0 unspecified atom stereocenters. The van der Waals surface area contributed by atoms with Crippen LogP contribution in [0.25, 0.3) is 0 Å². The highest BCUT2D eigenvalue weighted by molar-refractivity contribution is 9.10. The van der Waals surface area contributed by atoms with Crippen LogP contribution in [-0.4, -0.2) is 5.91 Å². The van der Waals surface area contributed by atoms with Crippen molar-refractivity contribution >= 4 is 39.1 Å². The van der Waals surface area contributed by atoms with Crippen LogP contribution < -0.4 is 5.32 Å². The fourth-order valence-electron chi connectivity index (χ4n) is 1.64. The molecule has 0 saturated carbocycles. The Hall–Kier alpha value is -1.46. The van der Waals surface area contributed by atoms with Crippen molar-refractivity contribution in [3.05, 3.63) is 62.6 Å². The number of carbonyl (C=O) groups is 1. The van der Waals surface area contributed by atoms with Gasteiger partial charge in [-0.15, -0.1) is 0 Å². The first-order valence-electron chi connectivity index (χ1n) is 5.60. The molecule has 0 heterocycles. The van der Waals surface area contributed by atoms with Gasteiger partial charge < -0.3 is 5.32 Å². The number of hydrogen-bond donors (Lipinski definition) is 1. The third-order valence-corrected chi connectivity index (χ3v) is 3.53. The molecule has 0 spiro atoms. The van der Waals surface area contributed by atoms with E-state index >= 15 is 0 Å². The topological polar surface area (TPSA) is 29.1 Å². The Morgan fingerprint density at radius 1 is 1.20 bits per heavy atom. The Morgan fingerprint density at radius 2 is 1.90 bits per heavy atom. The van der Waals surface area contributed by atoms with E-state index in [2.05, 4.69) is 21.2 Å². The van der Waals surface area contributed by atoms with E-state index in [1.54, 1.807) is 6.92 Å². The van der Waals surface area contributed by atoms with Crippen LogP contribution in [-0.2, 0) is 0 Å². The number of benzene rings is 2. The van der Waals surface area contributed by atoms with Gasteiger partial charge in [-0.25, -0.2) is 8.78 Å². The van der Waals surface area contributed by atoms with Gasteiger partial charge in [-0.2, -0.15) is 0 Å². The highest BCUT2D eigenvalue weighted by Gasteiger charge is 2.14. The predicted octanol–water partition coefficient (Wildman–Crippen LogP) is 4.94. The average molecular weight is 361 g/mol. The van der Waals surface area contributed by atoms with Crippen LogP contribution in [0, 0.1) is 18.6 Å². The molecule has 0 aromatic heterocycles. The van der Waals surface area contributed by atoms with Gasteiger partial charge in [0.25, 0.3) is 5.91 Å². The standard InChI is InChI=1S/C14H9BrClF2NO/c1-7-4-12(18)10(15)6-13(7)19-14(20)9-3-2-8(16)5-11(9)17/h2-6H,1H3,(H,19,20). The van der Waals surface area contributed by atoms with Gasteiger partial charge in [0.15, 0.2) is 0 Å². The third-order valence-electron chi connectivity index (χ3n) is 2.69. The van der Waals surface area contributed by atoms with E-state index in [1.165, 1.54) is 24.3 Å². The molecule has 2 aromatic carbocycles. The second-order valence-corrected chi connectivity index (χ2v) is 5.45. The highest BCUT2D eigenvalue weighted by atomic mass is 79.9. The molecule has 2 aromatic rings. The van der Waals surface area contributed by atoms with Gasteiger partial charge in [0, 0.05) is 10.7 Å². The van der Waals surface area contributed by atoms with Gasteiger partial charge in [-0.1, -0.05) is 11.6 Å². The Kier molecular flexibility index (Phi) is 4.40. The van der Waals surface area contributed by atoms with E-state index in [0.29, 0.717) is 11.3 Å². The van der Waals surface area contributed by atoms with Crippen molar-refractivity contribution in [3.63, 3.8) is 0 Å². The Bertz CT molecular complexity index is 691. The zero-order valence-corrected chi connectivity index (χ0v) is 12.6. The number of nitrogens with one attached hydrogen (secondary N) is 1. The van der Waals surface area contributed by atoms with Gasteiger partial charge in [-0.05, 0) is 58.7 Å². The van der Waals surface area contributed by atoms with Crippen LogP contribution >= 0.6 is 27.5 Å². The van der Waals surface area contributed by atoms with E-state index in [1.807, 2.05) is 0 Å². The molecule has 0 radical (unpaired) electrons. The van der Waals surface area contributed by atoms with Crippen LogP contribution in [0.4, 0.5) is 14.5 Å². The van der Waals surface area contributed by atoms with Crippen molar-refractivity contribution in [3.8, 4) is 0 Å². The molecule has 0 aliphatic heterocycles. The number of aryl methyl sites for hydroxylation is 1. The van der Waals surface area contributed by atoms with Gasteiger partial charge >= 0.3 is 0 Å². The molecule has 0 aliphatic carbocycles. The van der Waals surface area contributed by atoms with Crippen LogP contribution in [0.1, 0.15) is 15.9 Å². The molecule has 0 aliphatic rings. The molecule has 0 saturated heterocycles. The second kappa shape index (κ2) is 5.89. The van der Waals surface area contributed by atoms with Crippen molar-refractivity contribution in [2.24, 2.45) is 0 Å². The quantitative estimate of drug-likeness (QED) is 0.807. The lowest BCUT2D eigenvalue weighted by Crippen LogP contribution is -2.14. The summed E-state index contributed by atoms with van der Waals surface area (Å²) in [5.41, 5.74) is 0.806. The number of hydrogen-bond acceptors (Lipinski definition) is 1. The Morgan fingerprint density at radius 3 is 2.55 bits per heavy atom. The molecule has 2 rings (SSSR count). The fourth-order valence-corrected chi connectivity index (χ4v) is 2.15. The lowest BCUT2D eigenvalue weighted by molar-refractivity contribution is 0.102. The summed E-state index contributed by atoms with van der Waals surface area (Å²) in [4.78, 5) is 12.0. The van der Waals surface area contributed by atoms with Crippen molar-refractivity contribution in [2.45, 2.75) is 6.92 Å².